The van der Waals surface area contributed by atoms with Gasteiger partial charge in [-0.3, -0.25) is 4.79 Å². The summed E-state index contributed by atoms with van der Waals surface area (Å²) in [6.07, 6.45) is 0. The Bertz CT molecular complexity index is 1030. The third-order valence-electron chi connectivity index (χ3n) is 5.26. The number of nitrogens with one attached hydrogen (secondary N) is 1. The Balaban J connectivity index is 2.01. The number of likely N-dealkylation sites (N-methyl/N-ethyl adjacent to an activating group) is 1. The molecule has 1 amide bonds. The number of hydrogen-bond donors (Lipinski definition) is 1. The minimum atomic E-state index is -0.224. The first-order valence-corrected chi connectivity index (χ1v) is 11.3. The van der Waals surface area contributed by atoms with Gasteiger partial charge >= 0.3 is 0 Å². The molecule has 3 heterocycles. The molecule has 3 aromatic rings. The van der Waals surface area contributed by atoms with E-state index in [1.807, 2.05) is 37.8 Å². The van der Waals surface area contributed by atoms with Crippen LogP contribution in [-0.4, -0.2) is 46.2 Å². The third kappa shape index (κ3) is 4.42. The van der Waals surface area contributed by atoms with Crippen molar-refractivity contribution in [2.24, 2.45) is 0 Å². The summed E-state index contributed by atoms with van der Waals surface area (Å²) >= 11 is 1.71. The summed E-state index contributed by atoms with van der Waals surface area (Å²) in [5, 5.41) is 10.8. The van der Waals surface area contributed by atoms with E-state index in [4.69, 9.17) is 10.1 Å². The van der Waals surface area contributed by atoms with Crippen molar-refractivity contribution in [3.63, 3.8) is 0 Å². The van der Waals surface area contributed by atoms with Crippen LogP contribution in [0.5, 0.6) is 0 Å². The lowest BCUT2D eigenvalue weighted by Crippen LogP contribution is -2.34. The number of rotatable bonds is 6. The molecule has 162 valence electrons. The van der Waals surface area contributed by atoms with E-state index >= 15 is 0 Å². The van der Waals surface area contributed by atoms with Crippen molar-refractivity contribution in [3.8, 4) is 0 Å². The molecule has 0 fully saturated rings. The molecule has 1 atom stereocenters. The maximum absolute atomic E-state index is 13.4. The minimum absolute atomic E-state index is 0.0794. The second-order valence-electron chi connectivity index (χ2n) is 9.32. The van der Waals surface area contributed by atoms with Crippen LogP contribution in [0.3, 0.4) is 0 Å². The predicted octanol–water partition coefficient (Wildman–Crippen LogP) is 4.71. The van der Waals surface area contributed by atoms with E-state index in [0.717, 1.165) is 22.4 Å². The molecule has 1 unspecified atom stereocenters. The molecule has 3 rings (SSSR count). The van der Waals surface area contributed by atoms with Crippen molar-refractivity contribution in [1.82, 2.24) is 25.0 Å². The maximum Gasteiger partial charge on any atom is 0.252 e. The van der Waals surface area contributed by atoms with Crippen molar-refractivity contribution in [1.29, 1.82) is 0 Å². The van der Waals surface area contributed by atoms with E-state index in [-0.39, 0.29) is 23.4 Å². The largest absolute Gasteiger partial charge is 0.350 e. The number of nitrogens with zero attached hydrogens (tertiary/aromatic N) is 4. The van der Waals surface area contributed by atoms with E-state index in [0.29, 0.717) is 12.1 Å². The SMILES string of the molecule is Cc1nn(C(C)(C)C)c2nc(C(C)C)cc(C(=O)NCC(c3cccs3)N(C)C)c12. The highest BCUT2D eigenvalue weighted by atomic mass is 32.1. The van der Waals surface area contributed by atoms with Crippen LogP contribution in [0.2, 0.25) is 0 Å². The molecule has 7 heteroatoms. The Morgan fingerprint density at radius 2 is 2.00 bits per heavy atom. The zero-order valence-electron chi connectivity index (χ0n) is 19.3. The van der Waals surface area contributed by atoms with Gasteiger partial charge in [-0.2, -0.15) is 5.10 Å². The molecule has 0 aromatic carbocycles. The molecular weight excluding hydrogens is 394 g/mol. The van der Waals surface area contributed by atoms with Crippen molar-refractivity contribution in [2.75, 3.05) is 20.6 Å². The standard InChI is InChI=1S/C23H33N5OS/c1-14(2)17-12-16(20-15(3)26-28(21(20)25-17)23(4,5)6)22(29)24-13-18(27(7)8)19-10-9-11-30-19/h9-12,14,18H,13H2,1-8H3,(H,24,29). The fourth-order valence-electron chi connectivity index (χ4n) is 3.55. The summed E-state index contributed by atoms with van der Waals surface area (Å²) in [4.78, 5) is 21.6. The fourth-order valence-corrected chi connectivity index (χ4v) is 4.48. The van der Waals surface area contributed by atoms with E-state index in [1.165, 1.54) is 4.88 Å². The molecule has 0 aliphatic heterocycles. The van der Waals surface area contributed by atoms with Crippen molar-refractivity contribution < 1.29 is 4.79 Å². The Morgan fingerprint density at radius 1 is 1.30 bits per heavy atom. The van der Waals surface area contributed by atoms with Gasteiger partial charge < -0.3 is 10.2 Å². The van der Waals surface area contributed by atoms with Gasteiger partial charge in [-0.1, -0.05) is 19.9 Å². The van der Waals surface area contributed by atoms with Gasteiger partial charge in [0.1, 0.15) is 0 Å². The second-order valence-corrected chi connectivity index (χ2v) is 10.3. The molecule has 1 N–H and O–H groups in total. The van der Waals surface area contributed by atoms with Crippen LogP contribution in [0, 0.1) is 6.92 Å². The number of aromatic nitrogens is 3. The molecule has 0 saturated heterocycles. The predicted molar refractivity (Wildman–Crippen MR) is 124 cm³/mol. The number of hydrogen-bond acceptors (Lipinski definition) is 5. The van der Waals surface area contributed by atoms with Gasteiger partial charge in [-0.25, -0.2) is 9.67 Å². The van der Waals surface area contributed by atoms with Gasteiger partial charge in [0.25, 0.3) is 5.91 Å². The molecule has 30 heavy (non-hydrogen) atoms. The number of aryl methyl sites for hydroxylation is 1. The first kappa shape index (κ1) is 22.4. The van der Waals surface area contributed by atoms with Crippen LogP contribution >= 0.6 is 11.3 Å². The molecule has 0 bridgehead atoms. The minimum Gasteiger partial charge on any atom is -0.350 e. The van der Waals surface area contributed by atoms with Crippen molar-refractivity contribution in [3.05, 3.63) is 45.4 Å². The quantitative estimate of drug-likeness (QED) is 0.619. The summed E-state index contributed by atoms with van der Waals surface area (Å²) in [5.74, 6) is 0.134. The molecule has 0 aliphatic carbocycles. The summed E-state index contributed by atoms with van der Waals surface area (Å²) in [6.45, 7) is 13.0. The lowest BCUT2D eigenvalue weighted by Gasteiger charge is -2.24. The van der Waals surface area contributed by atoms with Crippen LogP contribution < -0.4 is 5.32 Å². The van der Waals surface area contributed by atoms with E-state index in [9.17, 15) is 4.79 Å². The molecule has 0 saturated carbocycles. The maximum atomic E-state index is 13.4. The van der Waals surface area contributed by atoms with Gasteiger partial charge in [0, 0.05) is 17.1 Å². The summed E-state index contributed by atoms with van der Waals surface area (Å²) in [5.41, 5.74) is 2.94. The normalized spacial score (nSPS) is 13.4. The van der Waals surface area contributed by atoms with Gasteiger partial charge in [-0.15, -0.1) is 11.3 Å². The van der Waals surface area contributed by atoms with Gasteiger partial charge in [-0.05, 0) is 65.2 Å². The van der Waals surface area contributed by atoms with Crippen LogP contribution in [-0.2, 0) is 5.54 Å². The van der Waals surface area contributed by atoms with Crippen LogP contribution in [0.1, 0.15) is 73.2 Å². The average Bonchev–Trinajstić information content (AvgIpc) is 3.28. The zero-order valence-corrected chi connectivity index (χ0v) is 20.1. The summed E-state index contributed by atoms with van der Waals surface area (Å²) in [6, 6.07) is 6.22. The molecule has 0 aliphatic rings. The Hall–Kier alpha value is -2.25. The summed E-state index contributed by atoms with van der Waals surface area (Å²) in [7, 11) is 4.07. The Kier molecular flexibility index (Phi) is 6.34. The molecule has 0 spiro atoms. The van der Waals surface area contributed by atoms with E-state index in [1.54, 1.807) is 11.3 Å². The number of carbonyl (C=O) groups is 1. The highest BCUT2D eigenvalue weighted by Crippen LogP contribution is 2.29. The number of thiophene rings is 1. The van der Waals surface area contributed by atoms with Crippen molar-refractivity contribution in [2.45, 2.75) is 59.0 Å². The summed E-state index contributed by atoms with van der Waals surface area (Å²) < 4.78 is 1.94. The lowest BCUT2D eigenvalue weighted by molar-refractivity contribution is 0.0943. The zero-order chi connectivity index (χ0) is 22.2. The van der Waals surface area contributed by atoms with Crippen LogP contribution in [0.15, 0.2) is 23.6 Å². The smallest absolute Gasteiger partial charge is 0.252 e. The lowest BCUT2D eigenvalue weighted by atomic mass is 10.0. The van der Waals surface area contributed by atoms with E-state index in [2.05, 4.69) is 56.3 Å². The van der Waals surface area contributed by atoms with Gasteiger partial charge in [0.2, 0.25) is 0 Å². The van der Waals surface area contributed by atoms with Crippen LogP contribution in [0.25, 0.3) is 11.0 Å². The van der Waals surface area contributed by atoms with Gasteiger partial charge in [0.15, 0.2) is 5.65 Å². The average molecular weight is 428 g/mol. The second kappa shape index (κ2) is 8.47. The number of amides is 1. The third-order valence-corrected chi connectivity index (χ3v) is 6.23. The molecular formula is C23H33N5OS. The van der Waals surface area contributed by atoms with Crippen molar-refractivity contribution >= 4 is 28.3 Å². The van der Waals surface area contributed by atoms with E-state index < -0.39 is 0 Å². The molecule has 0 radical (unpaired) electrons. The first-order valence-electron chi connectivity index (χ1n) is 10.4. The monoisotopic (exact) mass is 427 g/mol. The molecule has 6 nitrogen and oxygen atoms in total. The Labute approximate surface area is 183 Å². The molecule has 3 aromatic heterocycles. The fraction of sp³-hybridized carbons (Fsp3) is 0.522. The number of carbonyl (C=O) groups excluding carboxylic acids is 1. The van der Waals surface area contributed by atoms with Crippen LogP contribution in [0.4, 0.5) is 0 Å². The number of fused-ring (bicyclic) bond motifs is 1. The first-order chi connectivity index (χ1) is 14.0. The Morgan fingerprint density at radius 3 is 2.53 bits per heavy atom. The highest BCUT2D eigenvalue weighted by Gasteiger charge is 2.26. The topological polar surface area (TPSA) is 63.1 Å². The van der Waals surface area contributed by atoms with Gasteiger partial charge in [0.05, 0.1) is 28.2 Å². The highest BCUT2D eigenvalue weighted by molar-refractivity contribution is 7.10. The number of pyridine rings is 1.